The minimum atomic E-state index is -3.57. The van der Waals surface area contributed by atoms with E-state index < -0.39 is 10.0 Å². The van der Waals surface area contributed by atoms with Crippen LogP contribution in [0.4, 0.5) is 0 Å². The molecule has 0 unspecified atom stereocenters. The number of benzene rings is 1. The first-order valence-electron chi connectivity index (χ1n) is 6.37. The van der Waals surface area contributed by atoms with E-state index in [9.17, 15) is 8.42 Å². The predicted octanol–water partition coefficient (Wildman–Crippen LogP) is 1.32. The van der Waals surface area contributed by atoms with Gasteiger partial charge in [0.25, 0.3) is 0 Å². The molecule has 0 bridgehead atoms. The molecule has 0 aliphatic carbocycles. The summed E-state index contributed by atoms with van der Waals surface area (Å²) in [6.07, 6.45) is 2.82. The summed E-state index contributed by atoms with van der Waals surface area (Å²) < 4.78 is 27.7. The van der Waals surface area contributed by atoms with Crippen LogP contribution in [0.1, 0.15) is 5.56 Å². The molecule has 0 aliphatic heterocycles. The van der Waals surface area contributed by atoms with Gasteiger partial charge >= 0.3 is 0 Å². The molecule has 0 atom stereocenters. The Hall–Kier alpha value is -1.41. The molecule has 0 saturated carbocycles. The van der Waals surface area contributed by atoms with Crippen LogP contribution in [0.5, 0.6) is 0 Å². The molecule has 21 heavy (non-hydrogen) atoms. The van der Waals surface area contributed by atoms with Crippen molar-refractivity contribution < 1.29 is 8.42 Å². The van der Waals surface area contributed by atoms with Gasteiger partial charge in [0, 0.05) is 31.4 Å². The molecule has 114 valence electrons. The van der Waals surface area contributed by atoms with Gasteiger partial charge in [-0.1, -0.05) is 23.7 Å². The van der Waals surface area contributed by atoms with Crippen molar-refractivity contribution in [3.63, 3.8) is 0 Å². The van der Waals surface area contributed by atoms with Crippen molar-refractivity contribution in [3.8, 4) is 0 Å². The van der Waals surface area contributed by atoms with Gasteiger partial charge in [0.2, 0.25) is 10.0 Å². The molecule has 1 aromatic heterocycles. The molecule has 0 spiro atoms. The molecule has 1 aromatic carbocycles. The van der Waals surface area contributed by atoms with Crippen LogP contribution in [0.2, 0.25) is 5.02 Å². The monoisotopic (exact) mass is 328 g/mol. The standard InChI is InChI=1S/C13H17ClN4O2S/c1-17(9-11-2-4-12(14)5-3-11)21(19,20)13-8-16-18(10-13)7-6-15/h2-5,8,10H,6-7,9,15H2,1H3. The highest BCUT2D eigenvalue weighted by molar-refractivity contribution is 7.89. The van der Waals surface area contributed by atoms with Crippen molar-refractivity contribution >= 4 is 21.6 Å². The molecular weight excluding hydrogens is 312 g/mol. The third kappa shape index (κ3) is 3.82. The first kappa shape index (κ1) is 16.0. The molecule has 6 nitrogen and oxygen atoms in total. The lowest BCUT2D eigenvalue weighted by atomic mass is 10.2. The van der Waals surface area contributed by atoms with Crippen LogP contribution in [0.25, 0.3) is 0 Å². The topological polar surface area (TPSA) is 81.2 Å². The summed E-state index contributed by atoms with van der Waals surface area (Å²) in [4.78, 5) is 0.160. The summed E-state index contributed by atoms with van der Waals surface area (Å²) in [6.45, 7) is 1.15. The van der Waals surface area contributed by atoms with E-state index in [1.165, 1.54) is 28.4 Å². The molecule has 0 amide bonds. The molecule has 2 N–H and O–H groups in total. The van der Waals surface area contributed by atoms with Crippen molar-refractivity contribution in [3.05, 3.63) is 47.2 Å². The summed E-state index contributed by atoms with van der Waals surface area (Å²) in [5, 5.41) is 4.60. The number of nitrogens with zero attached hydrogens (tertiary/aromatic N) is 3. The lowest BCUT2D eigenvalue weighted by Crippen LogP contribution is -2.26. The van der Waals surface area contributed by atoms with E-state index in [1.807, 2.05) is 0 Å². The maximum Gasteiger partial charge on any atom is 0.246 e. The highest BCUT2D eigenvalue weighted by Gasteiger charge is 2.22. The summed E-state index contributed by atoms with van der Waals surface area (Å²) in [7, 11) is -2.04. The van der Waals surface area contributed by atoms with Crippen LogP contribution >= 0.6 is 11.6 Å². The maximum absolute atomic E-state index is 12.4. The number of rotatable bonds is 6. The van der Waals surface area contributed by atoms with Crippen molar-refractivity contribution in [1.29, 1.82) is 0 Å². The number of nitrogens with two attached hydrogens (primary N) is 1. The molecular formula is C13H17ClN4O2S. The van der Waals surface area contributed by atoms with E-state index in [0.717, 1.165) is 5.56 Å². The second-order valence-electron chi connectivity index (χ2n) is 4.62. The quantitative estimate of drug-likeness (QED) is 0.867. The zero-order valence-corrected chi connectivity index (χ0v) is 13.2. The van der Waals surface area contributed by atoms with Crippen LogP contribution in [0, 0.1) is 0 Å². The van der Waals surface area contributed by atoms with Gasteiger partial charge in [-0.2, -0.15) is 9.40 Å². The Morgan fingerprint density at radius 3 is 2.62 bits per heavy atom. The fourth-order valence-corrected chi connectivity index (χ4v) is 3.08. The molecule has 1 heterocycles. The van der Waals surface area contributed by atoms with Crippen molar-refractivity contribution in [2.45, 2.75) is 18.0 Å². The van der Waals surface area contributed by atoms with E-state index in [2.05, 4.69) is 5.10 Å². The molecule has 0 aliphatic rings. The van der Waals surface area contributed by atoms with Crippen LogP contribution in [0.3, 0.4) is 0 Å². The fourth-order valence-electron chi connectivity index (χ4n) is 1.84. The maximum atomic E-state index is 12.4. The largest absolute Gasteiger partial charge is 0.329 e. The molecule has 0 saturated heterocycles. The fraction of sp³-hybridized carbons (Fsp3) is 0.308. The number of hydrogen-bond acceptors (Lipinski definition) is 4. The van der Waals surface area contributed by atoms with Gasteiger partial charge in [0.05, 0.1) is 12.7 Å². The van der Waals surface area contributed by atoms with Gasteiger partial charge < -0.3 is 5.73 Å². The Balaban J connectivity index is 2.15. The van der Waals surface area contributed by atoms with Crippen molar-refractivity contribution in [2.24, 2.45) is 5.73 Å². The predicted molar refractivity (Wildman–Crippen MR) is 81.4 cm³/mol. The average molecular weight is 329 g/mol. The number of hydrogen-bond donors (Lipinski definition) is 1. The van der Waals surface area contributed by atoms with E-state index in [4.69, 9.17) is 17.3 Å². The minimum absolute atomic E-state index is 0.160. The lowest BCUT2D eigenvalue weighted by Gasteiger charge is -2.16. The Morgan fingerprint density at radius 1 is 1.33 bits per heavy atom. The second-order valence-corrected chi connectivity index (χ2v) is 7.10. The summed E-state index contributed by atoms with van der Waals surface area (Å²) in [5.41, 5.74) is 6.28. The van der Waals surface area contributed by atoms with Crippen LogP contribution in [-0.2, 0) is 23.1 Å². The Bertz CT molecular complexity index is 697. The third-order valence-electron chi connectivity index (χ3n) is 2.99. The lowest BCUT2D eigenvalue weighted by molar-refractivity contribution is 0.466. The van der Waals surface area contributed by atoms with Gasteiger partial charge in [0.15, 0.2) is 0 Å². The molecule has 2 aromatic rings. The third-order valence-corrected chi connectivity index (χ3v) is 5.00. The number of aromatic nitrogens is 2. The average Bonchev–Trinajstić information content (AvgIpc) is 2.91. The first-order valence-corrected chi connectivity index (χ1v) is 8.18. The van der Waals surface area contributed by atoms with Gasteiger partial charge in [-0.05, 0) is 17.7 Å². The van der Waals surface area contributed by atoms with Gasteiger partial charge in [-0.25, -0.2) is 8.42 Å². The van der Waals surface area contributed by atoms with Crippen molar-refractivity contribution in [1.82, 2.24) is 14.1 Å². The van der Waals surface area contributed by atoms with E-state index in [-0.39, 0.29) is 11.4 Å². The Labute approximate surface area is 129 Å². The van der Waals surface area contributed by atoms with Gasteiger partial charge in [-0.15, -0.1) is 0 Å². The zero-order chi connectivity index (χ0) is 15.5. The Kier molecular flexibility index (Phi) is 5.00. The van der Waals surface area contributed by atoms with E-state index in [0.29, 0.717) is 18.1 Å². The van der Waals surface area contributed by atoms with Crippen LogP contribution in [-0.4, -0.2) is 36.1 Å². The number of halogens is 1. The molecule has 8 heteroatoms. The van der Waals surface area contributed by atoms with Gasteiger partial charge in [-0.3, -0.25) is 4.68 Å². The normalized spacial score (nSPS) is 12.0. The molecule has 0 fully saturated rings. The van der Waals surface area contributed by atoms with E-state index >= 15 is 0 Å². The number of sulfonamides is 1. The smallest absolute Gasteiger partial charge is 0.246 e. The second kappa shape index (κ2) is 6.57. The summed E-state index contributed by atoms with van der Waals surface area (Å²) in [6, 6.07) is 7.06. The van der Waals surface area contributed by atoms with Crippen molar-refractivity contribution in [2.75, 3.05) is 13.6 Å². The summed E-state index contributed by atoms with van der Waals surface area (Å²) >= 11 is 5.81. The SMILES string of the molecule is CN(Cc1ccc(Cl)cc1)S(=O)(=O)c1cnn(CCN)c1. The zero-order valence-electron chi connectivity index (χ0n) is 11.6. The minimum Gasteiger partial charge on any atom is -0.329 e. The van der Waals surface area contributed by atoms with E-state index in [1.54, 1.807) is 24.3 Å². The Morgan fingerprint density at radius 2 is 2.00 bits per heavy atom. The van der Waals surface area contributed by atoms with Gasteiger partial charge in [0.1, 0.15) is 4.90 Å². The van der Waals surface area contributed by atoms with Crippen LogP contribution in [0.15, 0.2) is 41.6 Å². The summed E-state index contributed by atoms with van der Waals surface area (Å²) in [5.74, 6) is 0. The highest BCUT2D eigenvalue weighted by atomic mass is 35.5. The molecule has 0 radical (unpaired) electrons. The first-order chi connectivity index (χ1) is 9.93. The highest BCUT2D eigenvalue weighted by Crippen LogP contribution is 2.17. The molecule has 2 rings (SSSR count). The van der Waals surface area contributed by atoms with Crippen LogP contribution < -0.4 is 5.73 Å².